The Kier molecular flexibility index (Phi) is 2.51. The summed E-state index contributed by atoms with van der Waals surface area (Å²) < 4.78 is 1.94. The second-order valence-electron chi connectivity index (χ2n) is 3.52. The van der Waals surface area contributed by atoms with Crippen molar-refractivity contribution in [2.75, 3.05) is 7.05 Å². The molecule has 2 aromatic rings. The van der Waals surface area contributed by atoms with E-state index in [1.165, 1.54) is 0 Å². The predicted molar refractivity (Wildman–Crippen MR) is 58.1 cm³/mol. The van der Waals surface area contributed by atoms with Crippen molar-refractivity contribution < 1.29 is 4.79 Å². The minimum Gasteiger partial charge on any atom is -0.313 e. The van der Waals surface area contributed by atoms with E-state index in [1.807, 2.05) is 36.7 Å². The van der Waals surface area contributed by atoms with E-state index in [2.05, 4.69) is 10.3 Å². The summed E-state index contributed by atoms with van der Waals surface area (Å²) in [5.41, 5.74) is 2.50. The molecule has 0 aromatic carbocycles. The number of carbonyl (C=O) groups is 1. The van der Waals surface area contributed by atoms with Crippen molar-refractivity contribution in [3.05, 3.63) is 35.4 Å². The number of pyridine rings is 1. The first-order chi connectivity index (χ1) is 7.26. The number of nitrogens with zero attached hydrogens (tertiary/aromatic N) is 2. The number of rotatable bonds is 3. The van der Waals surface area contributed by atoms with Crippen LogP contribution in [0.4, 0.5) is 0 Å². The van der Waals surface area contributed by atoms with Crippen LogP contribution in [0.5, 0.6) is 0 Å². The molecule has 2 heterocycles. The molecule has 0 spiro atoms. The van der Waals surface area contributed by atoms with Crippen LogP contribution in [0.25, 0.3) is 5.52 Å². The number of aromatic nitrogens is 2. The van der Waals surface area contributed by atoms with Crippen LogP contribution >= 0.6 is 0 Å². The molecule has 4 heteroatoms. The Hall–Kier alpha value is -1.68. The average Bonchev–Trinajstić information content (AvgIpc) is 2.56. The van der Waals surface area contributed by atoms with Crippen molar-refractivity contribution in [2.45, 2.75) is 13.5 Å². The molecular weight excluding hydrogens is 190 g/mol. The number of nitrogens with one attached hydrogen (secondary N) is 1. The molecule has 1 N–H and O–H groups in total. The number of hydrogen-bond acceptors (Lipinski definition) is 3. The summed E-state index contributed by atoms with van der Waals surface area (Å²) in [6.07, 6.45) is 2.74. The van der Waals surface area contributed by atoms with Crippen molar-refractivity contribution in [3.8, 4) is 0 Å². The van der Waals surface area contributed by atoms with Gasteiger partial charge in [0.15, 0.2) is 6.29 Å². The van der Waals surface area contributed by atoms with Gasteiger partial charge in [0.2, 0.25) is 0 Å². The Morgan fingerprint density at radius 2 is 2.40 bits per heavy atom. The smallest absolute Gasteiger partial charge is 0.170 e. The fourth-order valence-corrected chi connectivity index (χ4v) is 1.65. The number of carbonyl (C=O) groups excluding carboxylic acids is 1. The SMILES string of the molecule is CNCc1nc(C=O)c2cc(C)ccn12. The largest absolute Gasteiger partial charge is 0.313 e. The number of aryl methyl sites for hydroxylation is 1. The van der Waals surface area contributed by atoms with Crippen LogP contribution in [-0.4, -0.2) is 22.7 Å². The molecule has 0 amide bonds. The third-order valence-corrected chi connectivity index (χ3v) is 2.35. The molecule has 0 fully saturated rings. The predicted octanol–water partition coefficient (Wildman–Crippen LogP) is 1.17. The second kappa shape index (κ2) is 3.82. The van der Waals surface area contributed by atoms with Gasteiger partial charge in [0.1, 0.15) is 11.5 Å². The highest BCUT2D eigenvalue weighted by molar-refractivity contribution is 5.84. The summed E-state index contributed by atoms with van der Waals surface area (Å²) in [6, 6.07) is 3.97. The Morgan fingerprint density at radius 3 is 3.07 bits per heavy atom. The zero-order chi connectivity index (χ0) is 10.8. The van der Waals surface area contributed by atoms with Crippen LogP contribution in [-0.2, 0) is 6.54 Å². The van der Waals surface area contributed by atoms with E-state index in [0.29, 0.717) is 12.2 Å². The fourth-order valence-electron chi connectivity index (χ4n) is 1.65. The zero-order valence-electron chi connectivity index (χ0n) is 8.82. The maximum atomic E-state index is 10.9. The van der Waals surface area contributed by atoms with Gasteiger partial charge in [-0.3, -0.25) is 4.79 Å². The van der Waals surface area contributed by atoms with Crippen molar-refractivity contribution in [1.29, 1.82) is 0 Å². The van der Waals surface area contributed by atoms with Gasteiger partial charge < -0.3 is 9.72 Å². The maximum Gasteiger partial charge on any atom is 0.170 e. The van der Waals surface area contributed by atoms with Crippen LogP contribution in [0.1, 0.15) is 21.9 Å². The Balaban J connectivity index is 2.69. The molecule has 78 valence electrons. The minimum atomic E-state index is 0.504. The molecule has 4 nitrogen and oxygen atoms in total. The lowest BCUT2D eigenvalue weighted by Gasteiger charge is -2.00. The normalized spacial score (nSPS) is 10.8. The summed E-state index contributed by atoms with van der Waals surface area (Å²) in [4.78, 5) is 15.1. The molecular formula is C11H13N3O. The first kappa shape index (κ1) is 9.86. The molecule has 0 aliphatic heterocycles. The highest BCUT2D eigenvalue weighted by Crippen LogP contribution is 2.13. The maximum absolute atomic E-state index is 10.9. The molecule has 0 saturated heterocycles. The van der Waals surface area contributed by atoms with Gasteiger partial charge in [0.05, 0.1) is 12.1 Å². The number of hydrogen-bond donors (Lipinski definition) is 1. The van der Waals surface area contributed by atoms with Crippen molar-refractivity contribution in [3.63, 3.8) is 0 Å². The van der Waals surface area contributed by atoms with Crippen LogP contribution in [0, 0.1) is 6.92 Å². The molecule has 0 unspecified atom stereocenters. The first-order valence-corrected chi connectivity index (χ1v) is 4.83. The van der Waals surface area contributed by atoms with E-state index in [-0.39, 0.29) is 0 Å². The first-order valence-electron chi connectivity index (χ1n) is 4.83. The van der Waals surface area contributed by atoms with Crippen LogP contribution in [0.3, 0.4) is 0 Å². The lowest BCUT2D eigenvalue weighted by Crippen LogP contribution is -2.08. The standard InChI is InChI=1S/C11H13N3O/c1-8-3-4-14-10(5-8)9(7-15)13-11(14)6-12-2/h3-5,7,12H,6H2,1-2H3. The third kappa shape index (κ3) is 1.64. The quantitative estimate of drug-likeness (QED) is 0.762. The number of imidazole rings is 1. The summed E-state index contributed by atoms with van der Waals surface area (Å²) >= 11 is 0. The van der Waals surface area contributed by atoms with Crippen molar-refractivity contribution >= 4 is 11.8 Å². The number of aldehydes is 1. The molecule has 2 rings (SSSR count). The topological polar surface area (TPSA) is 46.4 Å². The molecule has 15 heavy (non-hydrogen) atoms. The summed E-state index contributed by atoms with van der Waals surface area (Å²) in [5.74, 6) is 0.856. The van der Waals surface area contributed by atoms with E-state index >= 15 is 0 Å². The lowest BCUT2D eigenvalue weighted by molar-refractivity contribution is 0.112. The Bertz CT molecular complexity index is 502. The minimum absolute atomic E-state index is 0.504. The highest BCUT2D eigenvalue weighted by atomic mass is 16.1. The van der Waals surface area contributed by atoms with Gasteiger partial charge in [-0.1, -0.05) is 0 Å². The molecule has 2 aromatic heterocycles. The molecule has 0 radical (unpaired) electrons. The Labute approximate surface area is 87.9 Å². The molecule has 0 aliphatic carbocycles. The van der Waals surface area contributed by atoms with Crippen LogP contribution in [0.2, 0.25) is 0 Å². The Morgan fingerprint density at radius 1 is 1.60 bits per heavy atom. The van der Waals surface area contributed by atoms with Crippen molar-refractivity contribution in [2.24, 2.45) is 0 Å². The molecule has 0 saturated carbocycles. The summed E-state index contributed by atoms with van der Waals surface area (Å²) in [5, 5.41) is 3.03. The highest BCUT2D eigenvalue weighted by Gasteiger charge is 2.09. The molecule has 0 bridgehead atoms. The fraction of sp³-hybridized carbons (Fsp3) is 0.273. The van der Waals surface area contributed by atoms with Crippen molar-refractivity contribution in [1.82, 2.24) is 14.7 Å². The zero-order valence-corrected chi connectivity index (χ0v) is 8.82. The molecule has 0 aliphatic rings. The second-order valence-corrected chi connectivity index (χ2v) is 3.52. The summed E-state index contributed by atoms with van der Waals surface area (Å²) in [6.45, 7) is 2.65. The summed E-state index contributed by atoms with van der Waals surface area (Å²) in [7, 11) is 1.86. The van der Waals surface area contributed by atoms with Gasteiger partial charge in [0, 0.05) is 6.20 Å². The van der Waals surface area contributed by atoms with Gasteiger partial charge >= 0.3 is 0 Å². The monoisotopic (exact) mass is 203 g/mol. The lowest BCUT2D eigenvalue weighted by atomic mass is 10.2. The van der Waals surface area contributed by atoms with E-state index in [1.54, 1.807) is 0 Å². The van der Waals surface area contributed by atoms with E-state index < -0.39 is 0 Å². The van der Waals surface area contributed by atoms with Gasteiger partial charge in [-0.25, -0.2) is 4.98 Å². The molecule has 0 atom stereocenters. The van der Waals surface area contributed by atoms with Gasteiger partial charge in [-0.05, 0) is 31.7 Å². The average molecular weight is 203 g/mol. The van der Waals surface area contributed by atoms with Crippen LogP contribution in [0.15, 0.2) is 18.3 Å². The van der Waals surface area contributed by atoms with E-state index in [0.717, 1.165) is 23.2 Å². The van der Waals surface area contributed by atoms with E-state index in [4.69, 9.17) is 0 Å². The van der Waals surface area contributed by atoms with E-state index in [9.17, 15) is 4.79 Å². The third-order valence-electron chi connectivity index (χ3n) is 2.35. The van der Waals surface area contributed by atoms with Gasteiger partial charge in [-0.15, -0.1) is 0 Å². The van der Waals surface area contributed by atoms with Gasteiger partial charge in [-0.2, -0.15) is 0 Å². The van der Waals surface area contributed by atoms with Gasteiger partial charge in [0.25, 0.3) is 0 Å². The number of fused-ring (bicyclic) bond motifs is 1. The van der Waals surface area contributed by atoms with Crippen LogP contribution < -0.4 is 5.32 Å².